The first kappa shape index (κ1) is 11.8. The van der Waals surface area contributed by atoms with Crippen molar-refractivity contribution >= 4 is 0 Å². The van der Waals surface area contributed by atoms with Crippen molar-refractivity contribution in [2.24, 2.45) is 0 Å². The number of hydrogen-bond donors (Lipinski definition) is 1. The minimum absolute atomic E-state index is 0.245. The van der Waals surface area contributed by atoms with Crippen molar-refractivity contribution in [3.63, 3.8) is 0 Å². The van der Waals surface area contributed by atoms with Crippen LogP contribution in [0.4, 0.5) is 4.39 Å². The Hall–Kier alpha value is -1.68. The molecule has 17 heavy (non-hydrogen) atoms. The molecule has 0 aliphatic heterocycles. The van der Waals surface area contributed by atoms with E-state index in [1.807, 2.05) is 13.8 Å². The summed E-state index contributed by atoms with van der Waals surface area (Å²) in [7, 11) is 0. The fourth-order valence-electron chi connectivity index (χ4n) is 1.63. The molecule has 0 bridgehead atoms. The van der Waals surface area contributed by atoms with E-state index in [9.17, 15) is 4.39 Å². The number of aryl methyl sites for hydroxylation is 1. The summed E-state index contributed by atoms with van der Waals surface area (Å²) in [6.07, 6.45) is 1.63. The molecule has 1 N–H and O–H groups in total. The lowest BCUT2D eigenvalue weighted by Crippen LogP contribution is -2.11. The molecular formula is C13H15FN2O. The molecule has 0 radical (unpaired) electrons. The molecule has 0 saturated carbocycles. The lowest BCUT2D eigenvalue weighted by molar-refractivity contribution is 0.569. The first-order valence-electron chi connectivity index (χ1n) is 5.62. The smallest absolute Gasteiger partial charge is 0.226 e. The Morgan fingerprint density at radius 2 is 2.24 bits per heavy atom. The van der Waals surface area contributed by atoms with Gasteiger partial charge < -0.3 is 9.73 Å². The van der Waals surface area contributed by atoms with Crippen molar-refractivity contribution in [3.05, 3.63) is 41.5 Å². The molecule has 4 heteroatoms. The Bertz CT molecular complexity index is 508. The van der Waals surface area contributed by atoms with E-state index in [4.69, 9.17) is 4.42 Å². The average Bonchev–Trinajstić information content (AvgIpc) is 2.75. The van der Waals surface area contributed by atoms with Gasteiger partial charge in [0, 0.05) is 12.1 Å². The monoisotopic (exact) mass is 234 g/mol. The minimum Gasteiger partial charge on any atom is -0.444 e. The van der Waals surface area contributed by atoms with Crippen LogP contribution >= 0.6 is 0 Å². The van der Waals surface area contributed by atoms with Crippen LogP contribution in [0.1, 0.15) is 18.2 Å². The summed E-state index contributed by atoms with van der Waals surface area (Å²) < 4.78 is 18.4. The molecule has 0 fully saturated rings. The molecule has 1 aromatic heterocycles. The first-order valence-corrected chi connectivity index (χ1v) is 5.62. The molecule has 0 aliphatic rings. The van der Waals surface area contributed by atoms with Crippen LogP contribution in [0.5, 0.6) is 0 Å². The number of halogens is 1. The normalized spacial score (nSPS) is 10.8. The zero-order chi connectivity index (χ0) is 12.3. The van der Waals surface area contributed by atoms with Crippen LogP contribution in [0.2, 0.25) is 0 Å². The maximum atomic E-state index is 13.0. The van der Waals surface area contributed by atoms with Gasteiger partial charge in [-0.3, -0.25) is 0 Å². The van der Waals surface area contributed by atoms with Gasteiger partial charge in [0.1, 0.15) is 12.1 Å². The Kier molecular flexibility index (Phi) is 3.54. The molecule has 0 atom stereocenters. The molecule has 3 nitrogen and oxygen atoms in total. The number of aromatic nitrogens is 1. The molecular weight excluding hydrogens is 219 g/mol. The second-order valence-corrected chi connectivity index (χ2v) is 3.88. The largest absolute Gasteiger partial charge is 0.444 e. The maximum absolute atomic E-state index is 13.0. The van der Waals surface area contributed by atoms with E-state index >= 15 is 0 Å². The van der Waals surface area contributed by atoms with Crippen LogP contribution in [0.3, 0.4) is 0 Å². The predicted molar refractivity (Wildman–Crippen MR) is 64.0 cm³/mol. The van der Waals surface area contributed by atoms with Crippen molar-refractivity contribution in [1.29, 1.82) is 0 Å². The summed E-state index contributed by atoms with van der Waals surface area (Å²) in [4.78, 5) is 4.36. The fourth-order valence-corrected chi connectivity index (χ4v) is 1.63. The zero-order valence-electron chi connectivity index (χ0n) is 9.96. The van der Waals surface area contributed by atoms with Gasteiger partial charge in [-0.15, -0.1) is 0 Å². The Labute approximate surface area is 99.7 Å². The summed E-state index contributed by atoms with van der Waals surface area (Å²) in [5, 5.41) is 3.17. The Balaban J connectivity index is 2.24. The van der Waals surface area contributed by atoms with Gasteiger partial charge in [0.15, 0.2) is 0 Å². The number of oxazole rings is 1. The second-order valence-electron chi connectivity index (χ2n) is 3.88. The van der Waals surface area contributed by atoms with Crippen LogP contribution in [0.25, 0.3) is 11.5 Å². The topological polar surface area (TPSA) is 38.1 Å². The summed E-state index contributed by atoms with van der Waals surface area (Å²) in [6.45, 7) is 5.44. The standard InChI is InChI=1S/C13H15FN2O/c1-3-15-7-11-8-17-13(16-11)12-5-4-10(14)6-9(12)2/h4-6,8,15H,3,7H2,1-2H3. The summed E-state index contributed by atoms with van der Waals surface area (Å²) in [5.41, 5.74) is 2.50. The van der Waals surface area contributed by atoms with Crippen LogP contribution in [-0.4, -0.2) is 11.5 Å². The number of nitrogens with zero attached hydrogens (tertiary/aromatic N) is 1. The molecule has 0 spiro atoms. The molecule has 2 aromatic rings. The SMILES string of the molecule is CCNCc1coc(-c2ccc(F)cc2C)n1. The van der Waals surface area contributed by atoms with Crippen molar-refractivity contribution in [2.45, 2.75) is 20.4 Å². The van der Waals surface area contributed by atoms with Crippen LogP contribution in [0.15, 0.2) is 28.9 Å². The molecule has 1 heterocycles. The van der Waals surface area contributed by atoms with E-state index in [-0.39, 0.29) is 5.82 Å². The summed E-state index contributed by atoms with van der Waals surface area (Å²) in [6, 6.07) is 4.58. The van der Waals surface area contributed by atoms with Gasteiger partial charge in [0.25, 0.3) is 0 Å². The molecule has 90 valence electrons. The second kappa shape index (κ2) is 5.10. The molecule has 0 saturated heterocycles. The quantitative estimate of drug-likeness (QED) is 0.884. The lowest BCUT2D eigenvalue weighted by atomic mass is 10.1. The predicted octanol–water partition coefficient (Wildman–Crippen LogP) is 2.90. The van der Waals surface area contributed by atoms with Crippen LogP contribution in [0, 0.1) is 12.7 Å². The highest BCUT2D eigenvalue weighted by Gasteiger charge is 2.09. The van der Waals surface area contributed by atoms with Gasteiger partial charge in [0.05, 0.1) is 5.69 Å². The van der Waals surface area contributed by atoms with Gasteiger partial charge in [0.2, 0.25) is 5.89 Å². The van der Waals surface area contributed by atoms with E-state index < -0.39 is 0 Å². The van der Waals surface area contributed by atoms with E-state index in [0.29, 0.717) is 12.4 Å². The van der Waals surface area contributed by atoms with E-state index in [1.54, 1.807) is 12.3 Å². The molecule has 0 unspecified atom stereocenters. The number of benzene rings is 1. The third-order valence-corrected chi connectivity index (χ3v) is 2.53. The number of hydrogen-bond acceptors (Lipinski definition) is 3. The van der Waals surface area contributed by atoms with Gasteiger partial charge >= 0.3 is 0 Å². The van der Waals surface area contributed by atoms with Gasteiger partial charge in [-0.1, -0.05) is 6.92 Å². The third kappa shape index (κ3) is 2.71. The van der Waals surface area contributed by atoms with Crippen molar-refractivity contribution in [1.82, 2.24) is 10.3 Å². The third-order valence-electron chi connectivity index (χ3n) is 2.53. The molecule has 2 rings (SSSR count). The van der Waals surface area contributed by atoms with E-state index in [0.717, 1.165) is 23.4 Å². The van der Waals surface area contributed by atoms with Gasteiger partial charge in [-0.25, -0.2) is 9.37 Å². The van der Waals surface area contributed by atoms with Crippen LogP contribution in [-0.2, 0) is 6.54 Å². The highest BCUT2D eigenvalue weighted by molar-refractivity contribution is 5.58. The zero-order valence-corrected chi connectivity index (χ0v) is 9.96. The fraction of sp³-hybridized carbons (Fsp3) is 0.308. The van der Waals surface area contributed by atoms with Gasteiger partial charge in [-0.05, 0) is 37.2 Å². The van der Waals surface area contributed by atoms with E-state index in [2.05, 4.69) is 10.3 Å². The first-order chi connectivity index (χ1) is 8.20. The number of rotatable bonds is 4. The molecule has 0 aliphatic carbocycles. The van der Waals surface area contributed by atoms with Crippen molar-refractivity contribution in [2.75, 3.05) is 6.54 Å². The molecule has 0 amide bonds. The average molecular weight is 234 g/mol. The van der Waals surface area contributed by atoms with Crippen LogP contribution < -0.4 is 5.32 Å². The van der Waals surface area contributed by atoms with E-state index in [1.165, 1.54) is 12.1 Å². The highest BCUT2D eigenvalue weighted by Crippen LogP contribution is 2.23. The summed E-state index contributed by atoms with van der Waals surface area (Å²) >= 11 is 0. The highest BCUT2D eigenvalue weighted by atomic mass is 19.1. The Morgan fingerprint density at radius 3 is 2.94 bits per heavy atom. The van der Waals surface area contributed by atoms with Gasteiger partial charge in [-0.2, -0.15) is 0 Å². The summed E-state index contributed by atoms with van der Waals surface area (Å²) in [5.74, 6) is 0.293. The number of nitrogens with one attached hydrogen (secondary N) is 1. The van der Waals surface area contributed by atoms with Crippen molar-refractivity contribution < 1.29 is 8.81 Å². The minimum atomic E-state index is -0.245. The Morgan fingerprint density at radius 1 is 1.41 bits per heavy atom. The van der Waals surface area contributed by atoms with Crippen molar-refractivity contribution in [3.8, 4) is 11.5 Å². The maximum Gasteiger partial charge on any atom is 0.226 e. The molecule has 1 aromatic carbocycles. The lowest BCUT2D eigenvalue weighted by Gasteiger charge is -2.00.